The van der Waals surface area contributed by atoms with E-state index >= 15 is 0 Å². The molecule has 2 aromatic carbocycles. The van der Waals surface area contributed by atoms with Crippen molar-refractivity contribution in [3.8, 4) is 5.75 Å². The van der Waals surface area contributed by atoms with Gasteiger partial charge in [0.2, 0.25) is 0 Å². The van der Waals surface area contributed by atoms with Crippen LogP contribution in [-0.2, 0) is 4.79 Å². The Hall–Kier alpha value is -2.83. The number of halogens is 1. The summed E-state index contributed by atoms with van der Waals surface area (Å²) in [6, 6.07) is 14.3. The fourth-order valence-corrected chi connectivity index (χ4v) is 3.54. The number of benzene rings is 2. The standard InChI is InChI=1S/C20H18ClN3O3/c1-27-13-8-6-12(7-9-13)19-20(26)18(23-24(19)17(25)10-21)15-11-22-16-5-3-2-4-14(15)16/h2-9,11,19-20,22,26H,10H2,1H3/t19-,20+/m0/s1. The molecule has 1 aliphatic heterocycles. The van der Waals surface area contributed by atoms with Crippen molar-refractivity contribution in [1.29, 1.82) is 0 Å². The summed E-state index contributed by atoms with van der Waals surface area (Å²) >= 11 is 5.78. The quantitative estimate of drug-likeness (QED) is 0.680. The van der Waals surface area contributed by atoms with E-state index in [4.69, 9.17) is 16.3 Å². The number of para-hydroxylation sites is 1. The molecule has 1 aliphatic rings. The Balaban J connectivity index is 1.78. The van der Waals surface area contributed by atoms with Crippen LogP contribution in [0.15, 0.2) is 59.8 Å². The number of aliphatic hydroxyl groups is 1. The maximum atomic E-state index is 12.4. The molecule has 0 fully saturated rings. The number of H-pyrrole nitrogens is 1. The number of carbonyl (C=O) groups excluding carboxylic acids is 1. The smallest absolute Gasteiger partial charge is 0.258 e. The third kappa shape index (κ3) is 2.97. The molecule has 2 atom stereocenters. The molecule has 138 valence electrons. The third-order valence-corrected chi connectivity index (χ3v) is 4.98. The summed E-state index contributed by atoms with van der Waals surface area (Å²) in [6.07, 6.45) is 0.816. The van der Waals surface area contributed by atoms with Gasteiger partial charge >= 0.3 is 0 Å². The van der Waals surface area contributed by atoms with E-state index in [9.17, 15) is 9.90 Å². The Morgan fingerprint density at radius 2 is 2.00 bits per heavy atom. The zero-order chi connectivity index (χ0) is 19.0. The van der Waals surface area contributed by atoms with Gasteiger partial charge in [-0.2, -0.15) is 5.10 Å². The van der Waals surface area contributed by atoms with Crippen molar-refractivity contribution in [3.05, 3.63) is 65.9 Å². The highest BCUT2D eigenvalue weighted by molar-refractivity contribution is 6.27. The number of methoxy groups -OCH3 is 1. The van der Waals surface area contributed by atoms with Crippen LogP contribution in [0.4, 0.5) is 0 Å². The van der Waals surface area contributed by atoms with E-state index in [1.165, 1.54) is 5.01 Å². The number of hydrogen-bond acceptors (Lipinski definition) is 4. The molecule has 7 heteroatoms. The van der Waals surface area contributed by atoms with Gasteiger partial charge in [0.15, 0.2) is 0 Å². The Morgan fingerprint density at radius 3 is 2.70 bits per heavy atom. The molecule has 0 spiro atoms. The Labute approximate surface area is 161 Å². The van der Waals surface area contributed by atoms with Crippen LogP contribution in [0.2, 0.25) is 0 Å². The predicted molar refractivity (Wildman–Crippen MR) is 104 cm³/mol. The molecular formula is C20H18ClN3O3. The van der Waals surface area contributed by atoms with Gasteiger partial charge in [0.25, 0.3) is 5.91 Å². The Kier molecular flexibility index (Phi) is 4.59. The molecular weight excluding hydrogens is 366 g/mol. The summed E-state index contributed by atoms with van der Waals surface area (Å²) in [5.41, 5.74) is 2.89. The zero-order valence-electron chi connectivity index (χ0n) is 14.6. The second kappa shape index (κ2) is 7.06. The molecule has 0 aliphatic carbocycles. The molecule has 3 aromatic rings. The van der Waals surface area contributed by atoms with Crippen molar-refractivity contribution in [2.75, 3.05) is 13.0 Å². The van der Waals surface area contributed by atoms with Crippen LogP contribution in [-0.4, -0.2) is 45.8 Å². The Bertz CT molecular complexity index is 1010. The molecule has 0 unspecified atom stereocenters. The molecule has 6 nitrogen and oxygen atoms in total. The number of aromatic nitrogens is 1. The first-order chi connectivity index (χ1) is 13.1. The normalized spacial score (nSPS) is 19.4. The minimum Gasteiger partial charge on any atom is -0.497 e. The monoisotopic (exact) mass is 383 g/mol. The van der Waals surface area contributed by atoms with Gasteiger partial charge in [-0.05, 0) is 23.8 Å². The van der Waals surface area contributed by atoms with Crippen LogP contribution in [0.3, 0.4) is 0 Å². The fourth-order valence-electron chi connectivity index (χ4n) is 3.41. The minimum atomic E-state index is -0.982. The van der Waals surface area contributed by atoms with E-state index < -0.39 is 12.1 Å². The lowest BCUT2D eigenvalue weighted by molar-refractivity contribution is -0.131. The summed E-state index contributed by atoms with van der Waals surface area (Å²) in [7, 11) is 1.58. The number of fused-ring (bicyclic) bond motifs is 1. The van der Waals surface area contributed by atoms with Gasteiger partial charge in [0, 0.05) is 22.7 Å². The van der Waals surface area contributed by atoms with Gasteiger partial charge in [0.05, 0.1) is 7.11 Å². The van der Waals surface area contributed by atoms with Crippen LogP contribution in [0.5, 0.6) is 5.75 Å². The van der Waals surface area contributed by atoms with Gasteiger partial charge in [-0.15, -0.1) is 11.6 Å². The summed E-state index contributed by atoms with van der Waals surface area (Å²) in [4.78, 5) is 15.6. The first-order valence-electron chi connectivity index (χ1n) is 8.49. The second-order valence-electron chi connectivity index (χ2n) is 6.27. The van der Waals surface area contributed by atoms with Crippen LogP contribution < -0.4 is 4.74 Å². The number of amides is 1. The molecule has 0 saturated heterocycles. The number of hydrazone groups is 1. The highest BCUT2D eigenvalue weighted by Crippen LogP contribution is 2.35. The summed E-state index contributed by atoms with van der Waals surface area (Å²) in [5.74, 6) is 0.106. The Morgan fingerprint density at radius 1 is 1.26 bits per heavy atom. The topological polar surface area (TPSA) is 77.9 Å². The van der Waals surface area contributed by atoms with Crippen molar-refractivity contribution >= 4 is 34.1 Å². The summed E-state index contributed by atoms with van der Waals surface area (Å²) < 4.78 is 5.19. The molecule has 0 bridgehead atoms. The zero-order valence-corrected chi connectivity index (χ0v) is 15.3. The van der Waals surface area contributed by atoms with Crippen molar-refractivity contribution in [2.45, 2.75) is 12.1 Å². The van der Waals surface area contributed by atoms with Crippen molar-refractivity contribution in [2.24, 2.45) is 5.10 Å². The highest BCUT2D eigenvalue weighted by atomic mass is 35.5. The van der Waals surface area contributed by atoms with Gasteiger partial charge in [-0.1, -0.05) is 30.3 Å². The number of hydrogen-bond donors (Lipinski definition) is 2. The number of alkyl halides is 1. The van der Waals surface area contributed by atoms with E-state index in [2.05, 4.69) is 10.1 Å². The van der Waals surface area contributed by atoms with E-state index in [0.29, 0.717) is 11.5 Å². The van der Waals surface area contributed by atoms with E-state index in [1.54, 1.807) is 25.4 Å². The van der Waals surface area contributed by atoms with Gasteiger partial charge < -0.3 is 14.8 Å². The highest BCUT2D eigenvalue weighted by Gasteiger charge is 2.41. The lowest BCUT2D eigenvalue weighted by atomic mass is 9.95. The lowest BCUT2D eigenvalue weighted by Gasteiger charge is -2.24. The third-order valence-electron chi connectivity index (χ3n) is 4.75. The number of nitrogens with zero attached hydrogens (tertiary/aromatic N) is 2. The molecule has 0 radical (unpaired) electrons. The molecule has 2 N–H and O–H groups in total. The number of ether oxygens (including phenoxy) is 1. The predicted octanol–water partition coefficient (Wildman–Crippen LogP) is 3.06. The first kappa shape index (κ1) is 17.6. The van der Waals surface area contributed by atoms with E-state index in [1.807, 2.05) is 36.4 Å². The molecule has 27 heavy (non-hydrogen) atoms. The maximum Gasteiger partial charge on any atom is 0.258 e. The summed E-state index contributed by atoms with van der Waals surface area (Å²) in [6.45, 7) is 0. The average molecular weight is 384 g/mol. The van der Waals surface area contributed by atoms with Crippen LogP contribution >= 0.6 is 11.6 Å². The van der Waals surface area contributed by atoms with Crippen LogP contribution in [0.1, 0.15) is 17.2 Å². The fraction of sp³-hybridized carbons (Fsp3) is 0.200. The molecule has 0 saturated carbocycles. The lowest BCUT2D eigenvalue weighted by Crippen LogP contribution is -2.34. The van der Waals surface area contributed by atoms with E-state index in [0.717, 1.165) is 22.0 Å². The molecule has 1 aromatic heterocycles. The number of carbonyl (C=O) groups is 1. The number of nitrogens with one attached hydrogen (secondary N) is 1. The van der Waals surface area contributed by atoms with Crippen molar-refractivity contribution < 1.29 is 14.6 Å². The summed E-state index contributed by atoms with van der Waals surface area (Å²) in [5, 5.41) is 17.7. The first-order valence-corrected chi connectivity index (χ1v) is 9.02. The maximum absolute atomic E-state index is 12.4. The average Bonchev–Trinajstić information content (AvgIpc) is 3.28. The molecule has 4 rings (SSSR count). The molecule has 1 amide bonds. The molecule has 2 heterocycles. The number of aliphatic hydroxyl groups excluding tert-OH is 1. The van der Waals surface area contributed by atoms with Gasteiger partial charge in [-0.25, -0.2) is 5.01 Å². The van der Waals surface area contributed by atoms with Crippen LogP contribution in [0.25, 0.3) is 10.9 Å². The SMILES string of the molecule is COc1ccc([C@H]2[C@H](O)C(c3c[nH]c4ccccc34)=NN2C(=O)CCl)cc1. The van der Waals surface area contributed by atoms with Crippen molar-refractivity contribution in [1.82, 2.24) is 9.99 Å². The number of aromatic amines is 1. The van der Waals surface area contributed by atoms with Gasteiger partial charge in [0.1, 0.15) is 29.5 Å². The second-order valence-corrected chi connectivity index (χ2v) is 6.54. The number of rotatable bonds is 4. The van der Waals surface area contributed by atoms with E-state index in [-0.39, 0.29) is 11.8 Å². The van der Waals surface area contributed by atoms with Gasteiger partial charge in [-0.3, -0.25) is 4.79 Å². The minimum absolute atomic E-state index is 0.218. The van der Waals surface area contributed by atoms with Crippen LogP contribution in [0, 0.1) is 0 Å². The largest absolute Gasteiger partial charge is 0.497 e. The van der Waals surface area contributed by atoms with Crippen molar-refractivity contribution in [3.63, 3.8) is 0 Å².